The van der Waals surface area contributed by atoms with Gasteiger partial charge in [-0.1, -0.05) is 67.3 Å². The highest BCUT2D eigenvalue weighted by Gasteiger charge is 2.56. The molecule has 0 N–H and O–H groups in total. The summed E-state index contributed by atoms with van der Waals surface area (Å²) in [7, 11) is 0. The van der Waals surface area contributed by atoms with Gasteiger partial charge in [0.25, 0.3) is 0 Å². The summed E-state index contributed by atoms with van der Waals surface area (Å²) in [5.41, 5.74) is 2.32. The smallest absolute Gasteiger partial charge is 0.248 e. The van der Waals surface area contributed by atoms with Gasteiger partial charge in [0.1, 0.15) is 0 Å². The lowest BCUT2D eigenvalue weighted by molar-refractivity contribution is -0.133. The molecule has 3 aliphatic rings. The van der Waals surface area contributed by atoms with Crippen LogP contribution in [0.15, 0.2) is 78.9 Å². The molecule has 1 saturated heterocycles. The summed E-state index contributed by atoms with van der Waals surface area (Å²) < 4.78 is 0. The molecule has 2 heterocycles. The fourth-order valence-corrected chi connectivity index (χ4v) is 5.09. The Morgan fingerprint density at radius 2 is 1.80 bits per heavy atom. The van der Waals surface area contributed by atoms with E-state index < -0.39 is 11.3 Å². The predicted molar refractivity (Wildman–Crippen MR) is 113 cm³/mol. The van der Waals surface area contributed by atoms with Crippen molar-refractivity contribution in [2.24, 2.45) is 5.92 Å². The van der Waals surface area contributed by atoms with Crippen molar-refractivity contribution >= 4 is 23.4 Å². The van der Waals surface area contributed by atoms with Gasteiger partial charge in [0.15, 0.2) is 0 Å². The van der Waals surface area contributed by atoms with Crippen molar-refractivity contribution in [3.8, 4) is 0 Å². The van der Waals surface area contributed by atoms with Crippen LogP contribution in [0.4, 0.5) is 5.69 Å². The zero-order chi connectivity index (χ0) is 21.0. The Morgan fingerprint density at radius 1 is 1.10 bits per heavy atom. The van der Waals surface area contributed by atoms with E-state index >= 15 is 0 Å². The Kier molecular flexibility index (Phi) is 4.03. The molecule has 3 atom stereocenters. The number of hydrogen-bond acceptors (Lipinski definition) is 3. The summed E-state index contributed by atoms with van der Waals surface area (Å²) >= 11 is 0. The molecule has 5 rings (SSSR count). The van der Waals surface area contributed by atoms with Crippen molar-refractivity contribution in [2.45, 2.75) is 31.3 Å². The summed E-state index contributed by atoms with van der Waals surface area (Å²) in [6.45, 7) is 6.10. The molecule has 3 amide bonds. The number of para-hydroxylation sites is 1. The minimum atomic E-state index is -0.972. The van der Waals surface area contributed by atoms with Gasteiger partial charge < -0.3 is 4.90 Å². The van der Waals surface area contributed by atoms with Crippen molar-refractivity contribution in [2.75, 3.05) is 4.90 Å². The summed E-state index contributed by atoms with van der Waals surface area (Å²) in [5.74, 6) is -0.977. The van der Waals surface area contributed by atoms with E-state index in [-0.39, 0.29) is 23.8 Å². The third-order valence-electron chi connectivity index (χ3n) is 6.56. The standard InChI is InChI=1S/C25H22N2O3/c1-16-19-12-13-25(20-10-6-7-11-21(20)27(17(2)28)24(25)30)14-22(16)26(23(19)29)15-18-8-4-3-5-9-18/h3-13,19,22H,1,14-15H2,2H3/t19-,22+,25?/m0/s1. The van der Waals surface area contributed by atoms with Crippen LogP contribution in [0.25, 0.3) is 0 Å². The number of amides is 3. The van der Waals surface area contributed by atoms with Crippen LogP contribution in [0.1, 0.15) is 24.5 Å². The number of benzene rings is 2. The summed E-state index contributed by atoms with van der Waals surface area (Å²) in [6.07, 6.45) is 4.04. The number of carbonyl (C=O) groups excluding carboxylic acids is 3. The number of nitrogens with zero attached hydrogens (tertiary/aromatic N) is 2. The van der Waals surface area contributed by atoms with E-state index in [1.165, 1.54) is 11.8 Å². The van der Waals surface area contributed by atoms with Crippen molar-refractivity contribution < 1.29 is 14.4 Å². The first kappa shape index (κ1) is 18.6. The largest absolute Gasteiger partial charge is 0.331 e. The quantitative estimate of drug-likeness (QED) is 0.729. The number of rotatable bonds is 2. The highest BCUT2D eigenvalue weighted by atomic mass is 16.2. The molecule has 2 aromatic rings. The monoisotopic (exact) mass is 398 g/mol. The lowest BCUT2D eigenvalue weighted by Gasteiger charge is -2.33. The molecule has 1 unspecified atom stereocenters. The summed E-state index contributed by atoms with van der Waals surface area (Å²) in [4.78, 5) is 42.1. The highest BCUT2D eigenvalue weighted by molar-refractivity contribution is 6.23. The van der Waals surface area contributed by atoms with Gasteiger partial charge in [-0.25, -0.2) is 4.90 Å². The Hall–Kier alpha value is -3.47. The molecule has 150 valence electrons. The molecule has 0 saturated carbocycles. The molecule has 0 aromatic heterocycles. The van der Waals surface area contributed by atoms with Gasteiger partial charge >= 0.3 is 0 Å². The molecule has 2 bridgehead atoms. The van der Waals surface area contributed by atoms with Crippen LogP contribution in [-0.4, -0.2) is 28.7 Å². The fraction of sp³-hybridized carbons (Fsp3) is 0.240. The Balaban J connectivity index is 1.60. The van der Waals surface area contributed by atoms with Crippen LogP contribution in [0.2, 0.25) is 0 Å². The number of imide groups is 1. The maximum absolute atomic E-state index is 13.6. The van der Waals surface area contributed by atoms with Gasteiger partial charge in [-0.05, 0) is 29.2 Å². The zero-order valence-electron chi connectivity index (χ0n) is 16.7. The minimum Gasteiger partial charge on any atom is -0.331 e. The van der Waals surface area contributed by atoms with E-state index in [4.69, 9.17) is 0 Å². The molecule has 1 fully saturated rings. The number of likely N-dealkylation sites (tertiary alicyclic amines) is 1. The SMILES string of the molecule is C=C1[C@@H]2C=CC3(C[C@H]1N(Cc1ccccc1)C2=O)C(=O)N(C(C)=O)c1ccccc13. The lowest BCUT2D eigenvalue weighted by atomic mass is 9.76. The average Bonchev–Trinajstić information content (AvgIpc) is 3.02. The van der Waals surface area contributed by atoms with Gasteiger partial charge in [-0.2, -0.15) is 0 Å². The molecule has 1 spiro atoms. The number of hydrogen-bond donors (Lipinski definition) is 0. The molecule has 5 nitrogen and oxygen atoms in total. The molecule has 0 radical (unpaired) electrons. The number of anilines is 1. The van der Waals surface area contributed by atoms with Crippen LogP contribution >= 0.6 is 0 Å². The fourth-order valence-electron chi connectivity index (χ4n) is 5.09. The average molecular weight is 398 g/mol. The molecule has 30 heavy (non-hydrogen) atoms. The number of fused-ring (bicyclic) bond motifs is 4. The minimum absolute atomic E-state index is 0.0158. The second-order valence-corrected chi connectivity index (χ2v) is 8.23. The van der Waals surface area contributed by atoms with Gasteiger partial charge in [0.05, 0.1) is 23.1 Å². The lowest BCUT2D eigenvalue weighted by Crippen LogP contribution is -2.46. The van der Waals surface area contributed by atoms with Gasteiger partial charge in [-0.3, -0.25) is 14.4 Å². The second kappa shape index (κ2) is 6.52. The maximum atomic E-state index is 13.6. The molecular weight excluding hydrogens is 376 g/mol. The first-order chi connectivity index (χ1) is 14.4. The molecule has 2 aliphatic heterocycles. The molecule has 5 heteroatoms. The van der Waals surface area contributed by atoms with E-state index in [0.717, 1.165) is 16.7 Å². The topological polar surface area (TPSA) is 57.7 Å². The van der Waals surface area contributed by atoms with E-state index in [0.29, 0.717) is 18.7 Å². The molecule has 1 aliphatic carbocycles. The summed E-state index contributed by atoms with van der Waals surface area (Å²) in [5, 5.41) is 0. The van der Waals surface area contributed by atoms with Crippen LogP contribution in [0.5, 0.6) is 0 Å². The third kappa shape index (κ3) is 2.45. The van der Waals surface area contributed by atoms with E-state index in [1.807, 2.05) is 71.6 Å². The van der Waals surface area contributed by atoms with Crippen molar-refractivity contribution in [1.82, 2.24) is 4.90 Å². The molecular formula is C25H22N2O3. The third-order valence-corrected chi connectivity index (χ3v) is 6.56. The van der Waals surface area contributed by atoms with Crippen LogP contribution in [0, 0.1) is 5.92 Å². The van der Waals surface area contributed by atoms with Gasteiger partial charge in [0, 0.05) is 13.5 Å². The number of carbonyl (C=O) groups is 3. The van der Waals surface area contributed by atoms with Crippen LogP contribution in [-0.2, 0) is 26.3 Å². The zero-order valence-corrected chi connectivity index (χ0v) is 16.7. The molecule has 2 aromatic carbocycles. The maximum Gasteiger partial charge on any atom is 0.248 e. The van der Waals surface area contributed by atoms with E-state index in [1.54, 1.807) is 0 Å². The first-order valence-corrected chi connectivity index (χ1v) is 10.1. The van der Waals surface area contributed by atoms with E-state index in [2.05, 4.69) is 6.58 Å². The van der Waals surface area contributed by atoms with Gasteiger partial charge in [-0.15, -0.1) is 0 Å². The van der Waals surface area contributed by atoms with Crippen LogP contribution < -0.4 is 4.90 Å². The van der Waals surface area contributed by atoms with Crippen LogP contribution in [0.3, 0.4) is 0 Å². The first-order valence-electron chi connectivity index (χ1n) is 10.1. The predicted octanol–water partition coefficient (Wildman–Crippen LogP) is 3.36. The van der Waals surface area contributed by atoms with Crippen molar-refractivity contribution in [1.29, 1.82) is 0 Å². The van der Waals surface area contributed by atoms with Gasteiger partial charge in [0.2, 0.25) is 17.7 Å². The summed E-state index contributed by atoms with van der Waals surface area (Å²) in [6, 6.07) is 17.0. The van der Waals surface area contributed by atoms with Crippen molar-refractivity contribution in [3.63, 3.8) is 0 Å². The second-order valence-electron chi connectivity index (χ2n) is 8.23. The Morgan fingerprint density at radius 3 is 2.53 bits per heavy atom. The Bertz CT molecular complexity index is 1120. The highest BCUT2D eigenvalue weighted by Crippen LogP contribution is 2.51. The van der Waals surface area contributed by atoms with E-state index in [9.17, 15) is 14.4 Å². The normalized spacial score (nSPS) is 27.0. The Labute approximate surface area is 175 Å². The van der Waals surface area contributed by atoms with Crippen molar-refractivity contribution in [3.05, 3.63) is 90.0 Å².